The fraction of sp³-hybridized carbons (Fsp3) is 0. The third kappa shape index (κ3) is 4.73. The molecule has 0 unspecified atom stereocenters. The molecule has 0 atom stereocenters. The summed E-state index contributed by atoms with van der Waals surface area (Å²) < 4.78 is 0. The summed E-state index contributed by atoms with van der Waals surface area (Å²) in [7, 11) is 50.4. The van der Waals surface area contributed by atoms with E-state index in [2.05, 4.69) is 0 Å². The minimum absolute atomic E-state index is 0.556. The summed E-state index contributed by atoms with van der Waals surface area (Å²) in [6.45, 7) is 0. The van der Waals surface area contributed by atoms with Crippen LogP contribution in [0.5, 0.6) is 0 Å². The zero-order valence-electron chi connectivity index (χ0n) is 9.24. The molecule has 0 aliphatic rings. The highest BCUT2D eigenvalue weighted by atomic mass is 13.2. The molecule has 22 radical (unpaired) electrons. The molecular weight excluding hydrogens is 173 g/mol. The van der Waals surface area contributed by atoms with E-state index < -0.39 is 44.7 Å². The maximum absolute atomic E-state index is 5.81. The molecular formula is B16-4. The summed E-state index contributed by atoms with van der Waals surface area (Å²) in [5.74, 6) is 0. The third-order valence-electron chi connectivity index (χ3n) is 2.67. The van der Waals surface area contributed by atoms with E-state index in [0.717, 1.165) is 0 Å². The van der Waals surface area contributed by atoms with Crippen LogP contribution in [0.3, 0.4) is 0 Å². The molecule has 16 heavy (non-hydrogen) atoms. The molecule has 0 saturated heterocycles. The smallest absolute Gasteiger partial charge is 0.00000632 e. The fourth-order valence-electron chi connectivity index (χ4n) is 1.80. The predicted octanol–water partition coefficient (Wildman–Crippen LogP) is -6.09. The second-order valence-corrected chi connectivity index (χ2v) is 4.04. The summed E-state index contributed by atoms with van der Waals surface area (Å²) in [4.78, 5) is 0. The Hall–Kier alpha value is 1.04. The highest BCUT2D eigenvalue weighted by Gasteiger charge is 2.28. The zero-order chi connectivity index (χ0) is 13.0. The topological polar surface area (TPSA) is 0 Å². The highest BCUT2D eigenvalue weighted by Crippen LogP contribution is 2.00. The summed E-state index contributed by atoms with van der Waals surface area (Å²) >= 11 is 0. The molecule has 0 aliphatic heterocycles. The van der Waals surface area contributed by atoms with Gasteiger partial charge >= 0.3 is 0 Å². The van der Waals surface area contributed by atoms with Crippen LogP contribution in [0.15, 0.2) is 0 Å². The molecule has 0 bridgehead atoms. The van der Waals surface area contributed by atoms with Crippen molar-refractivity contribution in [2.75, 3.05) is 0 Å². The van der Waals surface area contributed by atoms with Crippen molar-refractivity contribution in [3.63, 3.8) is 0 Å². The standard InChI is InChI=1S/B16/c1-10(2)14(9)16(13(7)8)15(11(3)4)12(5)6/q-4. The Labute approximate surface area is 114 Å². The van der Waals surface area contributed by atoms with Gasteiger partial charge in [-0.2, -0.15) is 0 Å². The Morgan fingerprint density at radius 2 is 0.938 bits per heavy atom. The van der Waals surface area contributed by atoms with Crippen LogP contribution < -0.4 is 0 Å². The Morgan fingerprint density at radius 3 is 1.12 bits per heavy atom. The van der Waals surface area contributed by atoms with Crippen molar-refractivity contribution in [2.24, 2.45) is 0 Å². The average Bonchev–Trinajstić information content (AvgIpc) is 2.10. The van der Waals surface area contributed by atoms with E-state index in [0.29, 0.717) is 0 Å². The largest absolute Gasteiger partial charge is 0.729 e. The lowest BCUT2D eigenvalue weighted by atomic mass is 8.44. The van der Waals surface area contributed by atoms with Crippen LogP contribution >= 0.6 is 0 Å². The van der Waals surface area contributed by atoms with E-state index in [1.54, 1.807) is 0 Å². The monoisotopic (exact) mass is 176 g/mol. The SMILES string of the molecule is [B]B([B])B(B([B-])[B-])B(B([B])[B])B([B])B([B-])[B-]. The maximum Gasteiger partial charge on any atom is -0.00000632 e. The van der Waals surface area contributed by atoms with Gasteiger partial charge in [0.15, 0.2) is 0 Å². The van der Waals surface area contributed by atoms with E-state index in [1.165, 1.54) is 0 Å². The first-order valence-electron chi connectivity index (χ1n) is 5.00. The van der Waals surface area contributed by atoms with Gasteiger partial charge in [-0.1, -0.05) is 12.8 Å². The quantitative estimate of drug-likeness (QED) is 0.351. The number of rotatable bonds is 6. The molecule has 0 nitrogen and oxygen atoms in total. The van der Waals surface area contributed by atoms with Gasteiger partial charge in [0.1, 0.15) is 0 Å². The number of hydrogen-bond acceptors (Lipinski definition) is 0. The lowest BCUT2D eigenvalue weighted by Crippen LogP contribution is -2.75. The van der Waals surface area contributed by atoms with Crippen LogP contribution in [0.4, 0.5) is 0 Å². The van der Waals surface area contributed by atoms with Crippen LogP contribution in [-0.2, 0) is 0 Å². The van der Waals surface area contributed by atoms with Crippen LogP contribution in [0.1, 0.15) is 0 Å². The molecule has 52 valence electrons. The third-order valence-corrected chi connectivity index (χ3v) is 2.67. The van der Waals surface area contributed by atoms with Crippen LogP contribution in [0.25, 0.3) is 0 Å². The van der Waals surface area contributed by atoms with Gasteiger partial charge in [0.2, 0.25) is 0 Å². The van der Waals surface area contributed by atoms with Gasteiger partial charge in [0, 0.05) is 0 Å². The fourth-order valence-corrected chi connectivity index (χ4v) is 1.80. The first-order valence-corrected chi connectivity index (χ1v) is 5.00. The van der Waals surface area contributed by atoms with Crippen LogP contribution in [0, 0.1) is 0 Å². The lowest BCUT2D eigenvalue weighted by molar-refractivity contribution is 3.38. The van der Waals surface area contributed by atoms with E-state index in [-0.39, 0.29) is 0 Å². The van der Waals surface area contributed by atoms with Gasteiger partial charge in [-0.15, -0.1) is 0 Å². The van der Waals surface area contributed by atoms with Crippen molar-refractivity contribution in [1.82, 2.24) is 0 Å². The van der Waals surface area contributed by atoms with Crippen molar-refractivity contribution >= 4 is 114 Å². The van der Waals surface area contributed by atoms with Crippen molar-refractivity contribution in [2.45, 2.75) is 0 Å². The summed E-state index contributed by atoms with van der Waals surface area (Å²) in [6, 6.07) is 0. The van der Waals surface area contributed by atoms with Crippen molar-refractivity contribution < 1.29 is 0 Å². The second-order valence-electron chi connectivity index (χ2n) is 4.04. The zero-order valence-corrected chi connectivity index (χ0v) is 9.24. The van der Waals surface area contributed by atoms with Gasteiger partial charge in [0.25, 0.3) is 0 Å². The van der Waals surface area contributed by atoms with Crippen LogP contribution in [-0.4, -0.2) is 114 Å². The number of hydrogen-bond donors (Lipinski definition) is 0. The van der Waals surface area contributed by atoms with E-state index in [1.807, 2.05) is 0 Å². The molecule has 0 saturated carbocycles. The minimum Gasteiger partial charge on any atom is -0.729 e. The Kier molecular flexibility index (Phi) is 7.95. The normalized spacial score (nSPS) is 9.25. The minimum atomic E-state index is -0.807. The van der Waals surface area contributed by atoms with Crippen molar-refractivity contribution in [1.29, 1.82) is 0 Å². The van der Waals surface area contributed by atoms with Gasteiger partial charge in [-0.25, -0.2) is 0 Å². The Bertz CT molecular complexity index is 168. The molecule has 0 N–H and O–H groups in total. The van der Waals surface area contributed by atoms with E-state index >= 15 is 0 Å². The molecule has 0 heterocycles. The predicted molar refractivity (Wildman–Crippen MR) is 92.1 cm³/mol. The maximum atomic E-state index is 5.81. The molecule has 0 aromatic heterocycles. The van der Waals surface area contributed by atoms with Gasteiger partial charge in [0.05, 0.1) is 0 Å². The molecule has 0 fully saturated rings. The lowest BCUT2D eigenvalue weighted by Gasteiger charge is -2.56. The molecule has 0 aliphatic carbocycles. The Balaban J connectivity index is 5.00. The summed E-state index contributed by atoms with van der Waals surface area (Å²) in [5.41, 5.74) is 0. The second kappa shape index (κ2) is 7.47. The highest BCUT2D eigenvalue weighted by molar-refractivity contribution is 8.13. The molecule has 16 heteroatoms. The van der Waals surface area contributed by atoms with Gasteiger partial charge in [-0.05, 0) is 57.8 Å². The van der Waals surface area contributed by atoms with Crippen molar-refractivity contribution in [3.8, 4) is 0 Å². The molecule has 0 spiro atoms. The van der Waals surface area contributed by atoms with Gasteiger partial charge in [-0.3, -0.25) is 0 Å². The molecule has 0 rings (SSSR count). The molecule has 0 aromatic carbocycles. The Morgan fingerprint density at radius 1 is 0.562 bits per heavy atom. The molecule has 0 aromatic rings. The first kappa shape index (κ1) is 17.0. The van der Waals surface area contributed by atoms with Crippen LogP contribution in [0.2, 0.25) is 0 Å². The average molecular weight is 173 g/mol. The van der Waals surface area contributed by atoms with Gasteiger partial charge < -0.3 is 43.7 Å². The van der Waals surface area contributed by atoms with E-state index in [4.69, 9.17) is 69.6 Å². The van der Waals surface area contributed by atoms with E-state index in [9.17, 15) is 0 Å². The summed E-state index contributed by atoms with van der Waals surface area (Å²) in [5, 5.41) is 0. The summed E-state index contributed by atoms with van der Waals surface area (Å²) in [6.07, 6.45) is -5.02. The van der Waals surface area contributed by atoms with Crippen molar-refractivity contribution in [3.05, 3.63) is 0 Å². The first-order chi connectivity index (χ1) is 7.20. The molecule has 0 amide bonds.